The number of ether oxygens (including phenoxy) is 1. The number of nitrogens with one attached hydrogen (secondary N) is 1. The van der Waals surface area contributed by atoms with Gasteiger partial charge in [0.05, 0.1) is 25.0 Å². The maximum atomic E-state index is 12.1. The molecule has 7 heteroatoms. The van der Waals surface area contributed by atoms with Crippen LogP contribution in [0.5, 0.6) is 0 Å². The molecule has 1 aromatic heterocycles. The average Bonchev–Trinajstić information content (AvgIpc) is 2.84. The Bertz CT molecular complexity index is 424. The monoisotopic (exact) mass is 302 g/mol. The molecule has 2 atom stereocenters. The third-order valence-electron chi connectivity index (χ3n) is 3.51. The first-order valence-electron chi connectivity index (χ1n) is 6.77. The van der Waals surface area contributed by atoms with Gasteiger partial charge >= 0.3 is 0 Å². The lowest BCUT2D eigenvalue weighted by Crippen LogP contribution is -2.34. The number of nitrogens with zero attached hydrogens (tertiary/aromatic N) is 2. The van der Waals surface area contributed by atoms with Crippen LogP contribution in [0.3, 0.4) is 0 Å². The molecule has 20 heavy (non-hydrogen) atoms. The predicted molar refractivity (Wildman–Crippen MR) is 79.9 cm³/mol. The van der Waals surface area contributed by atoms with E-state index in [-0.39, 0.29) is 30.3 Å². The van der Waals surface area contributed by atoms with Gasteiger partial charge in [-0.1, -0.05) is 6.42 Å². The topological polar surface area (TPSA) is 82.2 Å². The SMILES string of the molecule is COCCn1cc(NC(=O)C2CCCC(N)C2)cn1.Cl. The van der Waals surface area contributed by atoms with Crippen molar-refractivity contribution < 1.29 is 9.53 Å². The average molecular weight is 303 g/mol. The summed E-state index contributed by atoms with van der Waals surface area (Å²) < 4.78 is 6.74. The van der Waals surface area contributed by atoms with E-state index in [0.29, 0.717) is 13.2 Å². The third-order valence-corrected chi connectivity index (χ3v) is 3.51. The molecular formula is C13H23ClN4O2. The Hall–Kier alpha value is -1.11. The van der Waals surface area contributed by atoms with E-state index in [1.165, 1.54) is 0 Å². The van der Waals surface area contributed by atoms with Crippen LogP contribution in [-0.2, 0) is 16.1 Å². The van der Waals surface area contributed by atoms with Gasteiger partial charge in [-0.15, -0.1) is 12.4 Å². The van der Waals surface area contributed by atoms with E-state index in [2.05, 4.69) is 10.4 Å². The highest BCUT2D eigenvalue weighted by Gasteiger charge is 2.25. The van der Waals surface area contributed by atoms with Gasteiger partial charge in [0.1, 0.15) is 0 Å². The predicted octanol–water partition coefficient (Wildman–Crippen LogP) is 1.41. The second-order valence-electron chi connectivity index (χ2n) is 5.10. The number of rotatable bonds is 5. The fourth-order valence-corrected chi connectivity index (χ4v) is 2.45. The van der Waals surface area contributed by atoms with Crippen LogP contribution in [0.2, 0.25) is 0 Å². The molecule has 1 aromatic rings. The minimum atomic E-state index is 0. The van der Waals surface area contributed by atoms with Crippen LogP contribution in [0.4, 0.5) is 5.69 Å². The van der Waals surface area contributed by atoms with Gasteiger partial charge in [0.25, 0.3) is 0 Å². The van der Waals surface area contributed by atoms with Crippen molar-refractivity contribution in [1.29, 1.82) is 0 Å². The Kier molecular flexibility index (Phi) is 6.98. The van der Waals surface area contributed by atoms with Crippen LogP contribution in [-0.4, -0.2) is 35.4 Å². The molecule has 0 spiro atoms. The largest absolute Gasteiger partial charge is 0.383 e. The molecule has 1 aliphatic rings. The molecular weight excluding hydrogens is 280 g/mol. The molecule has 6 nitrogen and oxygen atoms in total. The minimum Gasteiger partial charge on any atom is -0.383 e. The van der Waals surface area contributed by atoms with Gasteiger partial charge in [-0.25, -0.2) is 0 Å². The van der Waals surface area contributed by atoms with E-state index >= 15 is 0 Å². The summed E-state index contributed by atoms with van der Waals surface area (Å²) in [5, 5.41) is 7.07. The number of aromatic nitrogens is 2. The highest BCUT2D eigenvalue weighted by atomic mass is 35.5. The Morgan fingerprint density at radius 1 is 1.60 bits per heavy atom. The van der Waals surface area contributed by atoms with Gasteiger partial charge in [-0.05, 0) is 19.3 Å². The molecule has 1 amide bonds. The molecule has 114 valence electrons. The number of amides is 1. The molecule has 1 fully saturated rings. The van der Waals surface area contributed by atoms with Crippen LogP contribution >= 0.6 is 12.4 Å². The van der Waals surface area contributed by atoms with Gasteiger partial charge in [-0.2, -0.15) is 5.10 Å². The lowest BCUT2D eigenvalue weighted by molar-refractivity contribution is -0.120. The number of anilines is 1. The minimum absolute atomic E-state index is 0. The van der Waals surface area contributed by atoms with E-state index in [9.17, 15) is 4.79 Å². The van der Waals surface area contributed by atoms with Crippen molar-refractivity contribution in [2.45, 2.75) is 38.3 Å². The fraction of sp³-hybridized carbons (Fsp3) is 0.692. The van der Waals surface area contributed by atoms with Gasteiger partial charge in [0, 0.05) is 25.3 Å². The van der Waals surface area contributed by atoms with Crippen molar-refractivity contribution in [1.82, 2.24) is 9.78 Å². The molecule has 2 rings (SSSR count). The Balaban J connectivity index is 0.00000200. The lowest BCUT2D eigenvalue weighted by Gasteiger charge is -2.25. The quantitative estimate of drug-likeness (QED) is 0.861. The van der Waals surface area contributed by atoms with Crippen LogP contribution in [0.25, 0.3) is 0 Å². The number of hydrogen-bond donors (Lipinski definition) is 2. The first kappa shape index (κ1) is 16.9. The zero-order chi connectivity index (χ0) is 13.7. The van der Waals surface area contributed by atoms with Crippen molar-refractivity contribution >= 4 is 24.0 Å². The zero-order valence-electron chi connectivity index (χ0n) is 11.7. The Morgan fingerprint density at radius 3 is 3.10 bits per heavy atom. The number of hydrogen-bond acceptors (Lipinski definition) is 4. The summed E-state index contributed by atoms with van der Waals surface area (Å²) >= 11 is 0. The standard InChI is InChI=1S/C13H22N4O2.ClH/c1-19-6-5-17-9-12(8-15-17)16-13(18)10-3-2-4-11(14)7-10;/h8-11H,2-7,14H2,1H3,(H,16,18);1H. The van der Waals surface area contributed by atoms with Gasteiger partial charge < -0.3 is 15.8 Å². The molecule has 0 aromatic carbocycles. The van der Waals surface area contributed by atoms with Crippen LogP contribution in [0, 0.1) is 5.92 Å². The van der Waals surface area contributed by atoms with Crippen molar-refractivity contribution in [3.05, 3.63) is 12.4 Å². The number of methoxy groups -OCH3 is 1. The number of carbonyl (C=O) groups excluding carboxylic acids is 1. The van der Waals surface area contributed by atoms with E-state index in [1.54, 1.807) is 18.0 Å². The third kappa shape index (κ3) is 4.77. The summed E-state index contributed by atoms with van der Waals surface area (Å²) in [7, 11) is 1.65. The van der Waals surface area contributed by atoms with Gasteiger partial charge in [-0.3, -0.25) is 9.48 Å². The highest BCUT2D eigenvalue weighted by molar-refractivity contribution is 5.92. The number of halogens is 1. The molecule has 1 saturated carbocycles. The molecule has 0 radical (unpaired) electrons. The number of carbonyl (C=O) groups is 1. The van der Waals surface area contributed by atoms with Gasteiger partial charge in [0.2, 0.25) is 5.91 Å². The second kappa shape index (κ2) is 8.24. The maximum Gasteiger partial charge on any atom is 0.227 e. The van der Waals surface area contributed by atoms with E-state index in [4.69, 9.17) is 10.5 Å². The highest BCUT2D eigenvalue weighted by Crippen LogP contribution is 2.24. The zero-order valence-corrected chi connectivity index (χ0v) is 12.6. The first-order chi connectivity index (χ1) is 9.19. The van der Waals surface area contributed by atoms with Crippen molar-refractivity contribution in [3.8, 4) is 0 Å². The molecule has 0 aliphatic heterocycles. The fourth-order valence-electron chi connectivity index (χ4n) is 2.45. The van der Waals surface area contributed by atoms with Crippen LogP contribution in [0.1, 0.15) is 25.7 Å². The molecule has 2 unspecified atom stereocenters. The summed E-state index contributed by atoms with van der Waals surface area (Å²) in [6, 6.07) is 0.161. The summed E-state index contributed by atoms with van der Waals surface area (Å²) in [5.41, 5.74) is 6.64. The van der Waals surface area contributed by atoms with E-state index in [1.807, 2.05) is 6.20 Å². The van der Waals surface area contributed by atoms with Gasteiger partial charge in [0.15, 0.2) is 0 Å². The van der Waals surface area contributed by atoms with Crippen molar-refractivity contribution in [2.24, 2.45) is 11.7 Å². The molecule has 0 saturated heterocycles. The summed E-state index contributed by atoms with van der Waals surface area (Å²) in [5.74, 6) is 0.0903. The van der Waals surface area contributed by atoms with E-state index < -0.39 is 0 Å². The molecule has 1 aliphatic carbocycles. The van der Waals surface area contributed by atoms with Crippen molar-refractivity contribution in [2.75, 3.05) is 19.0 Å². The first-order valence-corrected chi connectivity index (χ1v) is 6.77. The Labute approximate surface area is 125 Å². The summed E-state index contributed by atoms with van der Waals surface area (Å²) in [6.45, 7) is 1.28. The molecule has 3 N–H and O–H groups in total. The van der Waals surface area contributed by atoms with Crippen LogP contribution < -0.4 is 11.1 Å². The summed E-state index contributed by atoms with van der Waals surface area (Å²) in [6.07, 6.45) is 7.25. The number of nitrogens with two attached hydrogens (primary N) is 1. The lowest BCUT2D eigenvalue weighted by atomic mass is 9.85. The van der Waals surface area contributed by atoms with Crippen molar-refractivity contribution in [3.63, 3.8) is 0 Å². The second-order valence-corrected chi connectivity index (χ2v) is 5.10. The van der Waals surface area contributed by atoms with E-state index in [0.717, 1.165) is 31.4 Å². The smallest absolute Gasteiger partial charge is 0.227 e. The summed E-state index contributed by atoms with van der Waals surface area (Å²) in [4.78, 5) is 12.1. The molecule has 1 heterocycles. The normalized spacial score (nSPS) is 22.1. The maximum absolute atomic E-state index is 12.1. The van der Waals surface area contributed by atoms with Crippen LogP contribution in [0.15, 0.2) is 12.4 Å². The molecule has 0 bridgehead atoms. The Morgan fingerprint density at radius 2 is 2.40 bits per heavy atom.